The van der Waals surface area contributed by atoms with Gasteiger partial charge in [0, 0.05) is 22.5 Å². The Hall–Kier alpha value is -2.17. The molecule has 2 N–H and O–H groups in total. The monoisotopic (exact) mass is 348 g/mol. The molecule has 0 spiro atoms. The Labute approximate surface area is 143 Å². The van der Waals surface area contributed by atoms with Gasteiger partial charge in [0.05, 0.1) is 10.7 Å². The highest BCUT2D eigenvalue weighted by molar-refractivity contribution is 6.36. The van der Waals surface area contributed by atoms with E-state index in [1.54, 1.807) is 18.2 Å². The third-order valence-corrected chi connectivity index (χ3v) is 4.05. The van der Waals surface area contributed by atoms with Crippen molar-refractivity contribution in [3.8, 4) is 0 Å². The predicted octanol–water partition coefficient (Wildman–Crippen LogP) is 5.37. The minimum atomic E-state index is -0.348. The second-order valence-corrected chi connectivity index (χ2v) is 5.91. The van der Waals surface area contributed by atoms with E-state index in [-0.39, 0.29) is 6.03 Å². The van der Waals surface area contributed by atoms with Crippen molar-refractivity contribution in [2.75, 3.05) is 5.32 Å². The maximum atomic E-state index is 12.0. The van der Waals surface area contributed by atoms with E-state index in [2.05, 4.69) is 10.6 Å². The van der Waals surface area contributed by atoms with Crippen LogP contribution in [0.4, 0.5) is 10.5 Å². The number of para-hydroxylation sites is 1. The van der Waals surface area contributed by atoms with Crippen molar-refractivity contribution in [2.45, 2.75) is 13.5 Å². The SMILES string of the molecule is Cc1oc2ccccc2c1CNC(=O)Nc1ccc(Cl)cc1Cl. The molecule has 23 heavy (non-hydrogen) atoms. The number of fused-ring (bicyclic) bond motifs is 1. The number of halogens is 2. The van der Waals surface area contributed by atoms with E-state index in [4.69, 9.17) is 27.6 Å². The molecular weight excluding hydrogens is 335 g/mol. The van der Waals surface area contributed by atoms with Crippen LogP contribution in [0.3, 0.4) is 0 Å². The fourth-order valence-electron chi connectivity index (χ4n) is 2.37. The summed E-state index contributed by atoms with van der Waals surface area (Å²) in [6.45, 7) is 2.24. The summed E-state index contributed by atoms with van der Waals surface area (Å²) in [4.78, 5) is 12.0. The van der Waals surface area contributed by atoms with Crippen LogP contribution in [0, 0.1) is 6.92 Å². The first-order valence-electron chi connectivity index (χ1n) is 7.01. The largest absolute Gasteiger partial charge is 0.461 e. The molecule has 0 fully saturated rings. The van der Waals surface area contributed by atoms with Crippen molar-refractivity contribution in [2.24, 2.45) is 0 Å². The predicted molar refractivity (Wildman–Crippen MR) is 93.3 cm³/mol. The van der Waals surface area contributed by atoms with Gasteiger partial charge >= 0.3 is 6.03 Å². The van der Waals surface area contributed by atoms with Crippen molar-refractivity contribution in [1.29, 1.82) is 0 Å². The molecule has 3 aromatic rings. The van der Waals surface area contributed by atoms with E-state index >= 15 is 0 Å². The van der Waals surface area contributed by atoms with E-state index in [0.717, 1.165) is 22.3 Å². The number of carbonyl (C=O) groups is 1. The van der Waals surface area contributed by atoms with Crippen LogP contribution in [-0.4, -0.2) is 6.03 Å². The number of furan rings is 1. The summed E-state index contributed by atoms with van der Waals surface area (Å²) >= 11 is 11.9. The maximum absolute atomic E-state index is 12.0. The van der Waals surface area contributed by atoms with Crippen LogP contribution >= 0.6 is 23.2 Å². The second kappa shape index (κ2) is 6.52. The summed E-state index contributed by atoms with van der Waals surface area (Å²) in [6, 6.07) is 12.3. The number of hydrogen-bond donors (Lipinski definition) is 2. The smallest absolute Gasteiger partial charge is 0.319 e. The lowest BCUT2D eigenvalue weighted by Crippen LogP contribution is -2.28. The van der Waals surface area contributed by atoms with Gasteiger partial charge in [-0.2, -0.15) is 0 Å². The van der Waals surface area contributed by atoms with Crippen LogP contribution in [0.2, 0.25) is 10.0 Å². The Balaban J connectivity index is 1.70. The average Bonchev–Trinajstić information content (AvgIpc) is 2.83. The van der Waals surface area contributed by atoms with E-state index in [1.807, 2.05) is 31.2 Å². The van der Waals surface area contributed by atoms with Gasteiger partial charge in [0.15, 0.2) is 0 Å². The Morgan fingerprint density at radius 2 is 1.96 bits per heavy atom. The summed E-state index contributed by atoms with van der Waals surface area (Å²) in [5.74, 6) is 0.788. The number of benzene rings is 2. The molecule has 2 amide bonds. The fraction of sp³-hybridized carbons (Fsp3) is 0.118. The van der Waals surface area contributed by atoms with Gasteiger partial charge in [-0.3, -0.25) is 0 Å². The Morgan fingerprint density at radius 3 is 2.74 bits per heavy atom. The van der Waals surface area contributed by atoms with Gasteiger partial charge in [-0.05, 0) is 31.2 Å². The van der Waals surface area contributed by atoms with E-state index < -0.39 is 0 Å². The molecule has 1 heterocycles. The van der Waals surface area contributed by atoms with Crippen molar-refractivity contribution in [3.05, 3.63) is 63.8 Å². The summed E-state index contributed by atoms with van der Waals surface area (Å²) < 4.78 is 5.67. The highest BCUT2D eigenvalue weighted by Crippen LogP contribution is 2.26. The van der Waals surface area contributed by atoms with Crippen molar-refractivity contribution in [3.63, 3.8) is 0 Å². The summed E-state index contributed by atoms with van der Waals surface area (Å²) in [5, 5.41) is 7.40. The number of aryl methyl sites for hydroxylation is 1. The summed E-state index contributed by atoms with van der Waals surface area (Å²) in [7, 11) is 0. The zero-order chi connectivity index (χ0) is 16.4. The van der Waals surface area contributed by atoms with Crippen LogP contribution in [0.15, 0.2) is 46.9 Å². The topological polar surface area (TPSA) is 54.3 Å². The number of rotatable bonds is 3. The molecule has 0 saturated heterocycles. The third kappa shape index (κ3) is 3.44. The molecule has 0 aliphatic rings. The zero-order valence-corrected chi connectivity index (χ0v) is 13.8. The third-order valence-electron chi connectivity index (χ3n) is 3.51. The van der Waals surface area contributed by atoms with Gasteiger partial charge < -0.3 is 15.1 Å². The van der Waals surface area contributed by atoms with Crippen LogP contribution in [0.5, 0.6) is 0 Å². The van der Waals surface area contributed by atoms with Gasteiger partial charge in [0.2, 0.25) is 0 Å². The van der Waals surface area contributed by atoms with Gasteiger partial charge in [0.25, 0.3) is 0 Å². The van der Waals surface area contributed by atoms with E-state index in [1.165, 1.54) is 0 Å². The normalized spacial score (nSPS) is 10.7. The highest BCUT2D eigenvalue weighted by atomic mass is 35.5. The number of urea groups is 1. The number of anilines is 1. The van der Waals surface area contributed by atoms with Gasteiger partial charge in [-0.1, -0.05) is 41.4 Å². The molecule has 118 valence electrons. The first kappa shape index (κ1) is 15.7. The minimum absolute atomic E-state index is 0.348. The first-order valence-corrected chi connectivity index (χ1v) is 7.77. The number of amides is 2. The molecule has 4 nitrogen and oxygen atoms in total. The van der Waals surface area contributed by atoms with Crippen LogP contribution < -0.4 is 10.6 Å². The fourth-order valence-corrected chi connectivity index (χ4v) is 2.82. The number of carbonyl (C=O) groups excluding carboxylic acids is 1. The van der Waals surface area contributed by atoms with Crippen LogP contribution in [0.1, 0.15) is 11.3 Å². The van der Waals surface area contributed by atoms with E-state index in [0.29, 0.717) is 22.3 Å². The molecule has 3 rings (SSSR count). The lowest BCUT2D eigenvalue weighted by molar-refractivity contribution is 0.251. The molecule has 0 radical (unpaired) electrons. The molecule has 0 aliphatic carbocycles. The van der Waals surface area contributed by atoms with E-state index in [9.17, 15) is 4.79 Å². The Kier molecular flexibility index (Phi) is 4.46. The average molecular weight is 349 g/mol. The zero-order valence-electron chi connectivity index (χ0n) is 12.3. The molecule has 0 saturated carbocycles. The molecule has 0 atom stereocenters. The standard InChI is InChI=1S/C17H14Cl2N2O2/c1-10-13(12-4-2-3-5-16(12)23-10)9-20-17(22)21-15-7-6-11(18)8-14(15)19/h2-8H,9H2,1H3,(H2,20,21,22). The molecular formula is C17H14Cl2N2O2. The quantitative estimate of drug-likeness (QED) is 0.668. The van der Waals surface area contributed by atoms with Crippen molar-refractivity contribution in [1.82, 2.24) is 5.32 Å². The molecule has 0 unspecified atom stereocenters. The lowest BCUT2D eigenvalue weighted by atomic mass is 10.1. The summed E-state index contributed by atoms with van der Waals surface area (Å²) in [6.07, 6.45) is 0. The van der Waals surface area contributed by atoms with Gasteiger partial charge in [-0.25, -0.2) is 4.79 Å². The van der Waals surface area contributed by atoms with Crippen LogP contribution in [0.25, 0.3) is 11.0 Å². The number of nitrogens with one attached hydrogen (secondary N) is 2. The Morgan fingerprint density at radius 1 is 1.17 bits per heavy atom. The van der Waals surface area contributed by atoms with Crippen LogP contribution in [-0.2, 0) is 6.54 Å². The molecule has 2 aromatic carbocycles. The molecule has 0 aliphatic heterocycles. The number of hydrogen-bond acceptors (Lipinski definition) is 2. The van der Waals surface area contributed by atoms with Gasteiger partial charge in [-0.15, -0.1) is 0 Å². The minimum Gasteiger partial charge on any atom is -0.461 e. The van der Waals surface area contributed by atoms with Gasteiger partial charge in [0.1, 0.15) is 11.3 Å². The van der Waals surface area contributed by atoms with Crippen molar-refractivity contribution < 1.29 is 9.21 Å². The lowest BCUT2D eigenvalue weighted by Gasteiger charge is -2.09. The molecule has 6 heteroatoms. The Bertz CT molecular complexity index is 874. The second-order valence-electron chi connectivity index (χ2n) is 5.06. The maximum Gasteiger partial charge on any atom is 0.319 e. The first-order chi connectivity index (χ1) is 11.0. The molecule has 0 bridgehead atoms. The molecule has 1 aromatic heterocycles. The highest BCUT2D eigenvalue weighted by Gasteiger charge is 2.12. The summed E-state index contributed by atoms with van der Waals surface area (Å²) in [5.41, 5.74) is 2.27. The van der Waals surface area contributed by atoms with Crippen molar-refractivity contribution >= 4 is 45.9 Å².